The highest BCUT2D eigenvalue weighted by atomic mass is 16.5. The number of carbonyl (C=O) groups excluding carboxylic acids is 1. The molecule has 20 heavy (non-hydrogen) atoms. The Bertz CT molecular complexity index is 451. The quantitative estimate of drug-likeness (QED) is 0.703. The van der Waals surface area contributed by atoms with Crippen molar-refractivity contribution in [1.29, 1.82) is 5.26 Å². The molecule has 0 bridgehead atoms. The normalized spacial score (nSPS) is 11.7. The van der Waals surface area contributed by atoms with E-state index in [0.29, 0.717) is 31.7 Å². The molecule has 0 aliphatic rings. The van der Waals surface area contributed by atoms with Crippen LogP contribution in [0.5, 0.6) is 0 Å². The third kappa shape index (κ3) is 5.83. The Balaban J connectivity index is 2.27. The first-order chi connectivity index (χ1) is 9.67. The van der Waals surface area contributed by atoms with Gasteiger partial charge in [0, 0.05) is 32.7 Å². The van der Waals surface area contributed by atoms with E-state index in [-0.39, 0.29) is 11.9 Å². The Hall–Kier alpha value is -1.90. The summed E-state index contributed by atoms with van der Waals surface area (Å²) in [6.07, 6.45) is 0.435. The minimum atomic E-state index is 0.0154. The molecule has 0 saturated carbocycles. The average molecular weight is 275 g/mol. The van der Waals surface area contributed by atoms with Crippen LogP contribution in [0.2, 0.25) is 0 Å². The molecule has 0 spiro atoms. The van der Waals surface area contributed by atoms with Gasteiger partial charge in [0.1, 0.15) is 0 Å². The number of amides is 1. The van der Waals surface area contributed by atoms with Gasteiger partial charge in [-0.1, -0.05) is 12.1 Å². The Morgan fingerprint density at radius 2 is 2.05 bits per heavy atom. The van der Waals surface area contributed by atoms with Gasteiger partial charge >= 0.3 is 0 Å². The van der Waals surface area contributed by atoms with Crippen molar-refractivity contribution in [1.82, 2.24) is 10.6 Å². The number of nitrogens with zero attached hydrogens (tertiary/aromatic N) is 1. The molecule has 0 fully saturated rings. The van der Waals surface area contributed by atoms with E-state index >= 15 is 0 Å². The number of ether oxygens (including phenoxy) is 1. The minimum Gasteiger partial charge on any atom is -0.383 e. The van der Waals surface area contributed by atoms with Crippen molar-refractivity contribution in [3.63, 3.8) is 0 Å². The fraction of sp³-hybridized carbons (Fsp3) is 0.467. The molecule has 0 aliphatic heterocycles. The van der Waals surface area contributed by atoms with Crippen LogP contribution in [-0.2, 0) is 9.53 Å². The second-order valence-electron chi connectivity index (χ2n) is 4.50. The van der Waals surface area contributed by atoms with Gasteiger partial charge in [0.25, 0.3) is 0 Å². The first kappa shape index (κ1) is 16.2. The highest BCUT2D eigenvalue weighted by Crippen LogP contribution is 2.12. The van der Waals surface area contributed by atoms with Crippen LogP contribution < -0.4 is 10.6 Å². The number of nitrogens with one attached hydrogen (secondary N) is 2. The molecular weight excluding hydrogens is 254 g/mol. The highest BCUT2D eigenvalue weighted by Gasteiger charge is 2.06. The number of nitriles is 1. The SMILES string of the molecule is COCCNC(=O)CCNC(C)c1ccc(C#N)cc1. The van der Waals surface area contributed by atoms with Gasteiger partial charge in [0.2, 0.25) is 5.91 Å². The summed E-state index contributed by atoms with van der Waals surface area (Å²) in [5.41, 5.74) is 1.75. The summed E-state index contributed by atoms with van der Waals surface area (Å²) in [5, 5.41) is 14.8. The number of rotatable bonds is 8. The first-order valence-corrected chi connectivity index (χ1v) is 6.66. The third-order valence-corrected chi connectivity index (χ3v) is 2.97. The van der Waals surface area contributed by atoms with Crippen LogP contribution in [0.25, 0.3) is 0 Å². The number of hydrogen-bond acceptors (Lipinski definition) is 4. The average Bonchev–Trinajstić information content (AvgIpc) is 2.47. The second kappa shape index (κ2) is 9.08. The summed E-state index contributed by atoms with van der Waals surface area (Å²) < 4.78 is 4.86. The van der Waals surface area contributed by atoms with Crippen molar-refractivity contribution in [2.24, 2.45) is 0 Å². The summed E-state index contributed by atoms with van der Waals surface area (Å²) >= 11 is 0. The van der Waals surface area contributed by atoms with Crippen LogP contribution in [0, 0.1) is 11.3 Å². The van der Waals surface area contributed by atoms with E-state index in [1.165, 1.54) is 0 Å². The maximum Gasteiger partial charge on any atom is 0.221 e. The summed E-state index contributed by atoms with van der Waals surface area (Å²) in [4.78, 5) is 11.5. The zero-order valence-electron chi connectivity index (χ0n) is 12.0. The molecule has 1 aromatic carbocycles. The summed E-state index contributed by atoms with van der Waals surface area (Å²) in [7, 11) is 1.60. The molecule has 0 radical (unpaired) electrons. The zero-order valence-corrected chi connectivity index (χ0v) is 12.0. The molecule has 0 aliphatic carbocycles. The zero-order chi connectivity index (χ0) is 14.8. The molecule has 1 unspecified atom stereocenters. The van der Waals surface area contributed by atoms with Crippen molar-refractivity contribution in [3.8, 4) is 6.07 Å². The van der Waals surface area contributed by atoms with Crippen LogP contribution in [0.1, 0.15) is 30.5 Å². The van der Waals surface area contributed by atoms with Crippen molar-refractivity contribution in [2.75, 3.05) is 26.8 Å². The lowest BCUT2D eigenvalue weighted by Gasteiger charge is -2.14. The van der Waals surface area contributed by atoms with Gasteiger partial charge in [-0.2, -0.15) is 5.26 Å². The van der Waals surface area contributed by atoms with E-state index in [4.69, 9.17) is 10.00 Å². The van der Waals surface area contributed by atoms with Crippen LogP contribution >= 0.6 is 0 Å². The Labute approximate surface area is 119 Å². The van der Waals surface area contributed by atoms with Crippen molar-refractivity contribution >= 4 is 5.91 Å². The Morgan fingerprint density at radius 1 is 1.35 bits per heavy atom. The topological polar surface area (TPSA) is 74.2 Å². The summed E-state index contributed by atoms with van der Waals surface area (Å²) in [6.45, 7) is 3.71. The number of carbonyl (C=O) groups is 1. The summed E-state index contributed by atoms with van der Waals surface area (Å²) in [6, 6.07) is 9.68. The van der Waals surface area contributed by atoms with Gasteiger partial charge in [-0.3, -0.25) is 4.79 Å². The highest BCUT2D eigenvalue weighted by molar-refractivity contribution is 5.76. The second-order valence-corrected chi connectivity index (χ2v) is 4.50. The molecular formula is C15H21N3O2. The fourth-order valence-corrected chi connectivity index (χ4v) is 1.75. The van der Waals surface area contributed by atoms with Gasteiger partial charge in [-0.15, -0.1) is 0 Å². The number of hydrogen-bond donors (Lipinski definition) is 2. The molecule has 5 heteroatoms. The van der Waals surface area contributed by atoms with E-state index in [1.54, 1.807) is 19.2 Å². The summed E-state index contributed by atoms with van der Waals surface area (Å²) in [5.74, 6) is 0.0154. The lowest BCUT2D eigenvalue weighted by Crippen LogP contribution is -2.30. The lowest BCUT2D eigenvalue weighted by atomic mass is 10.1. The molecule has 0 aromatic heterocycles. The number of benzene rings is 1. The molecule has 1 atom stereocenters. The maximum atomic E-state index is 11.5. The van der Waals surface area contributed by atoms with Crippen molar-refractivity contribution < 1.29 is 9.53 Å². The largest absolute Gasteiger partial charge is 0.383 e. The van der Waals surface area contributed by atoms with Crippen LogP contribution in [0.15, 0.2) is 24.3 Å². The van der Waals surface area contributed by atoms with Crippen LogP contribution in [0.4, 0.5) is 0 Å². The molecule has 5 nitrogen and oxygen atoms in total. The smallest absolute Gasteiger partial charge is 0.221 e. The van der Waals surface area contributed by atoms with Crippen LogP contribution in [0.3, 0.4) is 0 Å². The van der Waals surface area contributed by atoms with Crippen molar-refractivity contribution in [2.45, 2.75) is 19.4 Å². The van der Waals surface area contributed by atoms with E-state index in [0.717, 1.165) is 5.56 Å². The maximum absolute atomic E-state index is 11.5. The van der Waals surface area contributed by atoms with Gasteiger partial charge in [0.05, 0.1) is 18.2 Å². The monoisotopic (exact) mass is 275 g/mol. The Kier molecular flexibility index (Phi) is 7.33. The molecule has 1 amide bonds. The molecule has 1 rings (SSSR count). The van der Waals surface area contributed by atoms with Gasteiger partial charge in [0.15, 0.2) is 0 Å². The van der Waals surface area contributed by atoms with E-state index in [9.17, 15) is 4.79 Å². The van der Waals surface area contributed by atoms with E-state index in [1.807, 2.05) is 19.1 Å². The van der Waals surface area contributed by atoms with Gasteiger partial charge in [-0.25, -0.2) is 0 Å². The third-order valence-electron chi connectivity index (χ3n) is 2.97. The predicted octanol–water partition coefficient (Wildman–Crippen LogP) is 1.36. The lowest BCUT2D eigenvalue weighted by molar-refractivity contribution is -0.121. The predicted molar refractivity (Wildman–Crippen MR) is 77.1 cm³/mol. The molecule has 1 aromatic rings. The standard InChI is InChI=1S/C15H21N3O2/c1-12(14-5-3-13(11-16)4-6-14)17-8-7-15(19)18-9-10-20-2/h3-6,12,17H,7-10H2,1-2H3,(H,18,19). The van der Waals surface area contributed by atoms with Crippen molar-refractivity contribution in [3.05, 3.63) is 35.4 Å². The van der Waals surface area contributed by atoms with Gasteiger partial charge < -0.3 is 15.4 Å². The van der Waals surface area contributed by atoms with Gasteiger partial charge in [-0.05, 0) is 24.6 Å². The van der Waals surface area contributed by atoms with Crippen LogP contribution in [-0.4, -0.2) is 32.7 Å². The minimum absolute atomic E-state index is 0.0154. The van der Waals surface area contributed by atoms with E-state index < -0.39 is 0 Å². The molecule has 0 saturated heterocycles. The Morgan fingerprint density at radius 3 is 2.65 bits per heavy atom. The van der Waals surface area contributed by atoms with E-state index in [2.05, 4.69) is 16.7 Å². The first-order valence-electron chi connectivity index (χ1n) is 6.66. The molecule has 108 valence electrons. The number of methoxy groups -OCH3 is 1. The molecule has 0 heterocycles. The fourth-order valence-electron chi connectivity index (χ4n) is 1.75. The molecule has 2 N–H and O–H groups in total.